The van der Waals surface area contributed by atoms with Gasteiger partial charge in [0.25, 0.3) is 0 Å². The zero-order chi connectivity index (χ0) is 11.8. The summed E-state index contributed by atoms with van der Waals surface area (Å²) in [4.78, 5) is 11.5. The Balaban J connectivity index is 2.06. The molecule has 2 fully saturated rings. The van der Waals surface area contributed by atoms with E-state index in [1.807, 2.05) is 6.92 Å². The molecule has 0 spiro atoms. The summed E-state index contributed by atoms with van der Waals surface area (Å²) in [6.07, 6.45) is 6.71. The molecule has 92 valence electrons. The Kier molecular flexibility index (Phi) is 3.27. The Morgan fingerprint density at radius 1 is 1.38 bits per heavy atom. The highest BCUT2D eigenvalue weighted by molar-refractivity contribution is 5.69. The zero-order valence-electron chi connectivity index (χ0n) is 10.8. The van der Waals surface area contributed by atoms with Crippen LogP contribution in [0.3, 0.4) is 0 Å². The van der Waals surface area contributed by atoms with Gasteiger partial charge in [0.15, 0.2) is 0 Å². The van der Waals surface area contributed by atoms with Crippen molar-refractivity contribution in [2.75, 3.05) is 0 Å². The molecule has 0 aromatic rings. The molecular weight excluding hydrogens is 200 g/mol. The van der Waals surface area contributed by atoms with Gasteiger partial charge in [0.05, 0.1) is 0 Å². The van der Waals surface area contributed by atoms with Gasteiger partial charge in [-0.1, -0.05) is 13.8 Å². The molecule has 0 aliphatic heterocycles. The second-order valence-corrected chi connectivity index (χ2v) is 6.05. The molecule has 2 nitrogen and oxygen atoms in total. The van der Waals surface area contributed by atoms with E-state index in [1.165, 1.54) is 25.7 Å². The Morgan fingerprint density at radius 2 is 2.12 bits per heavy atom. The third-order valence-corrected chi connectivity index (χ3v) is 4.59. The number of hydrogen-bond donors (Lipinski definition) is 0. The Hall–Kier alpha value is -0.530. The highest BCUT2D eigenvalue weighted by Gasteiger charge is 2.45. The molecule has 0 aromatic carbocycles. The zero-order valence-corrected chi connectivity index (χ0v) is 10.8. The topological polar surface area (TPSA) is 26.3 Å². The average Bonchev–Trinajstić information content (AvgIpc) is 2.24. The molecule has 2 rings (SSSR count). The molecule has 2 bridgehead atoms. The highest BCUT2D eigenvalue weighted by atomic mass is 16.6. The smallest absolute Gasteiger partial charge is 0.306 e. The fourth-order valence-corrected chi connectivity index (χ4v) is 3.64. The first kappa shape index (κ1) is 11.9. The molecule has 2 aliphatic carbocycles. The van der Waals surface area contributed by atoms with E-state index in [0.29, 0.717) is 12.3 Å². The summed E-state index contributed by atoms with van der Waals surface area (Å²) in [7, 11) is 0. The predicted octanol–water partition coefficient (Wildman–Crippen LogP) is 3.54. The van der Waals surface area contributed by atoms with Gasteiger partial charge >= 0.3 is 5.97 Å². The second-order valence-electron chi connectivity index (χ2n) is 6.05. The van der Waals surface area contributed by atoms with E-state index >= 15 is 0 Å². The number of hydrogen-bond acceptors (Lipinski definition) is 2. The van der Waals surface area contributed by atoms with E-state index < -0.39 is 0 Å². The van der Waals surface area contributed by atoms with Crippen molar-refractivity contribution in [2.45, 2.75) is 64.9 Å². The molecule has 4 unspecified atom stereocenters. The summed E-state index contributed by atoms with van der Waals surface area (Å²) in [6, 6.07) is 0. The lowest BCUT2D eigenvalue weighted by molar-refractivity contribution is -0.173. The average molecular weight is 224 g/mol. The van der Waals surface area contributed by atoms with Gasteiger partial charge in [0.1, 0.15) is 5.60 Å². The summed E-state index contributed by atoms with van der Waals surface area (Å²) in [5.41, 5.74) is -0.168. The third kappa shape index (κ3) is 2.26. The Morgan fingerprint density at radius 3 is 2.81 bits per heavy atom. The molecule has 4 atom stereocenters. The van der Waals surface area contributed by atoms with Gasteiger partial charge in [0, 0.05) is 6.42 Å². The van der Waals surface area contributed by atoms with Gasteiger partial charge in [0.2, 0.25) is 0 Å². The third-order valence-electron chi connectivity index (χ3n) is 4.59. The molecule has 0 saturated heterocycles. The first-order valence-electron chi connectivity index (χ1n) is 6.75. The van der Waals surface area contributed by atoms with Crippen LogP contribution in [0.4, 0.5) is 0 Å². The lowest BCUT2D eigenvalue weighted by Crippen LogP contribution is -2.47. The van der Waals surface area contributed by atoms with E-state index in [1.54, 1.807) is 0 Å². The maximum Gasteiger partial charge on any atom is 0.306 e. The van der Waals surface area contributed by atoms with E-state index in [9.17, 15) is 4.79 Å². The van der Waals surface area contributed by atoms with Crippen molar-refractivity contribution >= 4 is 5.97 Å². The summed E-state index contributed by atoms with van der Waals surface area (Å²) in [6.45, 7) is 6.37. The maximum atomic E-state index is 11.5. The maximum absolute atomic E-state index is 11.5. The van der Waals surface area contributed by atoms with Crippen LogP contribution in [-0.2, 0) is 9.53 Å². The summed E-state index contributed by atoms with van der Waals surface area (Å²) in [5.74, 6) is 2.27. The first-order valence-corrected chi connectivity index (χ1v) is 6.75. The summed E-state index contributed by atoms with van der Waals surface area (Å²) < 4.78 is 5.72. The van der Waals surface area contributed by atoms with Crippen molar-refractivity contribution in [2.24, 2.45) is 17.8 Å². The Labute approximate surface area is 98.7 Å². The van der Waals surface area contributed by atoms with Crippen molar-refractivity contribution in [3.63, 3.8) is 0 Å². The minimum absolute atomic E-state index is 0.0285. The Bertz CT molecular complexity index is 272. The summed E-state index contributed by atoms with van der Waals surface area (Å²) in [5, 5.41) is 0. The molecule has 2 aliphatic rings. The number of carbonyl (C=O) groups is 1. The molecule has 16 heavy (non-hydrogen) atoms. The van der Waals surface area contributed by atoms with Crippen LogP contribution in [0.2, 0.25) is 0 Å². The molecule has 2 heteroatoms. The normalized spacial score (nSPS) is 42.8. The fourth-order valence-electron chi connectivity index (χ4n) is 3.64. The van der Waals surface area contributed by atoms with Gasteiger partial charge in [-0.2, -0.15) is 0 Å². The number of esters is 1. The number of ether oxygens (including phenoxy) is 1. The number of rotatable bonds is 2. The van der Waals surface area contributed by atoms with E-state index in [4.69, 9.17) is 4.74 Å². The monoisotopic (exact) mass is 224 g/mol. The fraction of sp³-hybridized carbons (Fsp3) is 0.929. The molecular formula is C14H24O2. The van der Waals surface area contributed by atoms with Crippen LogP contribution in [0.25, 0.3) is 0 Å². The van der Waals surface area contributed by atoms with Gasteiger partial charge < -0.3 is 4.74 Å². The van der Waals surface area contributed by atoms with Crippen LogP contribution in [0.15, 0.2) is 0 Å². The van der Waals surface area contributed by atoms with Crippen LogP contribution >= 0.6 is 0 Å². The van der Waals surface area contributed by atoms with Crippen molar-refractivity contribution in [3.8, 4) is 0 Å². The van der Waals surface area contributed by atoms with Crippen molar-refractivity contribution in [1.82, 2.24) is 0 Å². The van der Waals surface area contributed by atoms with Crippen LogP contribution in [0, 0.1) is 17.8 Å². The van der Waals surface area contributed by atoms with Gasteiger partial charge in [-0.25, -0.2) is 0 Å². The SMILES string of the molecule is CCC(=O)OC1(C)CCC2CC(C)CC1C2. The van der Waals surface area contributed by atoms with E-state index in [2.05, 4.69) is 13.8 Å². The van der Waals surface area contributed by atoms with Crippen LogP contribution in [0.5, 0.6) is 0 Å². The first-order chi connectivity index (χ1) is 7.53. The second kappa shape index (κ2) is 4.38. The van der Waals surface area contributed by atoms with Crippen molar-refractivity contribution in [3.05, 3.63) is 0 Å². The number of carbonyl (C=O) groups excluding carboxylic acids is 1. The molecule has 0 heterocycles. The molecule has 0 amide bonds. The quantitative estimate of drug-likeness (QED) is 0.671. The standard InChI is InChI=1S/C14H24O2/c1-4-13(15)16-14(3)6-5-11-7-10(2)8-12(14)9-11/h10-12H,4-9H2,1-3H3. The minimum atomic E-state index is -0.168. The van der Waals surface area contributed by atoms with Crippen molar-refractivity contribution in [1.29, 1.82) is 0 Å². The van der Waals surface area contributed by atoms with Crippen molar-refractivity contribution < 1.29 is 9.53 Å². The van der Waals surface area contributed by atoms with E-state index in [0.717, 1.165) is 18.3 Å². The van der Waals surface area contributed by atoms with Crippen LogP contribution < -0.4 is 0 Å². The lowest BCUT2D eigenvalue weighted by atomic mass is 9.62. The lowest BCUT2D eigenvalue weighted by Gasteiger charge is -2.48. The number of fused-ring (bicyclic) bond motifs is 2. The van der Waals surface area contributed by atoms with Gasteiger partial charge in [-0.15, -0.1) is 0 Å². The van der Waals surface area contributed by atoms with E-state index in [-0.39, 0.29) is 11.6 Å². The predicted molar refractivity (Wildman–Crippen MR) is 64.0 cm³/mol. The molecule has 0 radical (unpaired) electrons. The van der Waals surface area contributed by atoms with Crippen LogP contribution in [0.1, 0.15) is 59.3 Å². The largest absolute Gasteiger partial charge is 0.459 e. The minimum Gasteiger partial charge on any atom is -0.459 e. The summed E-state index contributed by atoms with van der Waals surface area (Å²) >= 11 is 0. The van der Waals surface area contributed by atoms with Gasteiger partial charge in [-0.05, 0) is 56.8 Å². The van der Waals surface area contributed by atoms with Gasteiger partial charge in [-0.3, -0.25) is 4.79 Å². The van der Waals surface area contributed by atoms with Crippen LogP contribution in [-0.4, -0.2) is 11.6 Å². The molecule has 0 aromatic heterocycles. The highest BCUT2D eigenvalue weighted by Crippen LogP contribution is 2.48. The molecule has 2 saturated carbocycles. The molecule has 0 N–H and O–H groups in total.